The van der Waals surface area contributed by atoms with E-state index in [-0.39, 0.29) is 11.9 Å². The molecule has 0 saturated heterocycles. The first-order valence-corrected chi connectivity index (χ1v) is 12.6. The number of thiazole rings is 1. The van der Waals surface area contributed by atoms with Gasteiger partial charge in [0.2, 0.25) is 0 Å². The molecule has 2 aromatic heterocycles. The molecule has 0 spiro atoms. The van der Waals surface area contributed by atoms with Crippen LogP contribution in [0.2, 0.25) is 0 Å². The molecule has 0 radical (unpaired) electrons. The molecule has 0 bridgehead atoms. The fraction of sp³-hybridized carbons (Fsp3) is 0.364. The van der Waals surface area contributed by atoms with Gasteiger partial charge in [0.15, 0.2) is 0 Å². The number of carbonyl (C=O) groups is 1. The monoisotopic (exact) mass is 445 g/mol. The molecular weight excluding hydrogens is 418 g/mol. The van der Waals surface area contributed by atoms with Gasteiger partial charge in [0.1, 0.15) is 0 Å². The van der Waals surface area contributed by atoms with Gasteiger partial charge in [0.05, 0.1) is 22.3 Å². The van der Waals surface area contributed by atoms with Crippen LogP contribution in [0.25, 0.3) is 0 Å². The molecule has 1 atom stereocenters. The van der Waals surface area contributed by atoms with Crippen molar-refractivity contribution < 1.29 is 4.79 Å². The average molecular weight is 446 g/mol. The molecule has 1 N–H and O–H groups in total. The van der Waals surface area contributed by atoms with Gasteiger partial charge in [-0.15, -0.1) is 23.1 Å². The summed E-state index contributed by atoms with van der Waals surface area (Å²) in [6.45, 7) is 8.84. The topological polar surface area (TPSA) is 45.2 Å². The van der Waals surface area contributed by atoms with Crippen molar-refractivity contribution >= 4 is 40.3 Å². The second-order valence-electron chi connectivity index (χ2n) is 6.65. The lowest BCUT2D eigenvalue weighted by Gasteiger charge is -2.29. The minimum Gasteiger partial charge on any atom is -0.350 e. The van der Waals surface area contributed by atoms with Crippen LogP contribution in [0.5, 0.6) is 0 Å². The van der Waals surface area contributed by atoms with Crippen molar-refractivity contribution in [2.45, 2.75) is 37.5 Å². The van der Waals surface area contributed by atoms with Crippen LogP contribution in [0.1, 0.15) is 46.5 Å². The SMILES string of the molecule is CCN(CC)C(CNC(=O)c1ccccc1SCc1csc(C)n1)c1ccsc1. The van der Waals surface area contributed by atoms with E-state index in [1.165, 1.54) is 5.56 Å². The Kier molecular flexibility index (Phi) is 8.29. The molecule has 29 heavy (non-hydrogen) atoms. The summed E-state index contributed by atoms with van der Waals surface area (Å²) >= 11 is 5.02. The molecular formula is C22H27N3OS3. The highest BCUT2D eigenvalue weighted by Gasteiger charge is 2.20. The number of nitrogens with one attached hydrogen (secondary N) is 1. The molecule has 2 heterocycles. The molecule has 1 aromatic carbocycles. The van der Waals surface area contributed by atoms with E-state index in [0.717, 1.165) is 40.0 Å². The average Bonchev–Trinajstić information content (AvgIpc) is 3.41. The Labute approximate surface area is 185 Å². The van der Waals surface area contributed by atoms with Gasteiger partial charge in [-0.2, -0.15) is 11.3 Å². The molecule has 4 nitrogen and oxygen atoms in total. The minimum atomic E-state index is -0.0186. The summed E-state index contributed by atoms with van der Waals surface area (Å²) in [7, 11) is 0. The maximum absolute atomic E-state index is 13.0. The van der Waals surface area contributed by atoms with Crippen LogP contribution in [-0.2, 0) is 5.75 Å². The Hall–Kier alpha value is -1.67. The fourth-order valence-corrected chi connectivity index (χ4v) is 5.65. The number of carbonyl (C=O) groups excluding carboxylic acids is 1. The van der Waals surface area contributed by atoms with Crippen molar-refractivity contribution in [2.75, 3.05) is 19.6 Å². The zero-order valence-electron chi connectivity index (χ0n) is 17.1. The first-order chi connectivity index (χ1) is 14.1. The number of hydrogen-bond acceptors (Lipinski definition) is 6. The number of aryl methyl sites for hydroxylation is 1. The fourth-order valence-electron chi connectivity index (χ4n) is 3.28. The predicted molar refractivity (Wildman–Crippen MR) is 125 cm³/mol. The van der Waals surface area contributed by atoms with Gasteiger partial charge in [0, 0.05) is 22.6 Å². The summed E-state index contributed by atoms with van der Waals surface area (Å²) in [6.07, 6.45) is 0. The molecule has 0 aliphatic carbocycles. The van der Waals surface area contributed by atoms with Gasteiger partial charge in [-0.3, -0.25) is 9.69 Å². The summed E-state index contributed by atoms with van der Waals surface area (Å²) in [5.41, 5.74) is 3.06. The zero-order chi connectivity index (χ0) is 20.6. The van der Waals surface area contributed by atoms with Crippen molar-refractivity contribution in [1.29, 1.82) is 0 Å². The van der Waals surface area contributed by atoms with Crippen molar-refractivity contribution in [3.05, 3.63) is 68.3 Å². The van der Waals surface area contributed by atoms with Crippen LogP contribution in [-0.4, -0.2) is 35.4 Å². The van der Waals surface area contributed by atoms with Gasteiger partial charge >= 0.3 is 0 Å². The zero-order valence-corrected chi connectivity index (χ0v) is 19.5. The summed E-state index contributed by atoms with van der Waals surface area (Å²) in [5.74, 6) is 0.751. The quantitative estimate of drug-likeness (QED) is 0.412. The number of hydrogen-bond donors (Lipinski definition) is 1. The van der Waals surface area contributed by atoms with E-state index in [0.29, 0.717) is 6.54 Å². The number of thiophene rings is 1. The highest BCUT2D eigenvalue weighted by atomic mass is 32.2. The number of benzene rings is 1. The molecule has 0 saturated carbocycles. The number of rotatable bonds is 10. The lowest BCUT2D eigenvalue weighted by atomic mass is 10.1. The molecule has 0 aliphatic rings. The van der Waals surface area contributed by atoms with Crippen LogP contribution < -0.4 is 5.32 Å². The summed E-state index contributed by atoms with van der Waals surface area (Å²) < 4.78 is 0. The third kappa shape index (κ3) is 5.92. The standard InChI is InChI=1S/C22H27N3OS3/c1-4-25(5-2)20(17-10-11-27-13-17)12-23-22(26)19-8-6-7-9-21(19)29-15-18-14-28-16(3)24-18/h6-11,13-14,20H,4-5,12,15H2,1-3H3,(H,23,26). The predicted octanol–water partition coefficient (Wildman–Crippen LogP) is 5.62. The highest BCUT2D eigenvalue weighted by molar-refractivity contribution is 7.98. The Balaban J connectivity index is 1.68. The molecule has 3 aromatic rings. The van der Waals surface area contributed by atoms with E-state index < -0.39 is 0 Å². The van der Waals surface area contributed by atoms with Crippen LogP contribution in [0.3, 0.4) is 0 Å². The first kappa shape index (κ1) is 22.0. The molecule has 1 amide bonds. The molecule has 154 valence electrons. The lowest BCUT2D eigenvalue weighted by molar-refractivity contribution is 0.0932. The van der Waals surface area contributed by atoms with Gasteiger partial charge in [-0.05, 0) is 54.5 Å². The first-order valence-electron chi connectivity index (χ1n) is 9.79. The van der Waals surface area contributed by atoms with Gasteiger partial charge < -0.3 is 5.32 Å². The molecule has 0 aliphatic heterocycles. The van der Waals surface area contributed by atoms with E-state index in [1.54, 1.807) is 34.4 Å². The van der Waals surface area contributed by atoms with Crippen molar-refractivity contribution in [3.63, 3.8) is 0 Å². The maximum Gasteiger partial charge on any atom is 0.252 e. The minimum absolute atomic E-state index is 0.0186. The van der Waals surface area contributed by atoms with Crippen LogP contribution >= 0.6 is 34.4 Å². The number of nitrogens with zero attached hydrogens (tertiary/aromatic N) is 2. The molecule has 7 heteroatoms. The summed E-state index contributed by atoms with van der Waals surface area (Å²) in [4.78, 5) is 20.9. The molecule has 0 fully saturated rings. The number of likely N-dealkylation sites (N-methyl/N-ethyl adjacent to an activating group) is 1. The maximum atomic E-state index is 13.0. The second kappa shape index (κ2) is 10.9. The lowest BCUT2D eigenvalue weighted by Crippen LogP contribution is -2.38. The van der Waals surface area contributed by atoms with E-state index in [2.05, 4.69) is 51.3 Å². The number of thioether (sulfide) groups is 1. The highest BCUT2D eigenvalue weighted by Crippen LogP contribution is 2.27. The number of amides is 1. The van der Waals surface area contributed by atoms with Gasteiger partial charge in [0.25, 0.3) is 5.91 Å². The summed E-state index contributed by atoms with van der Waals surface area (Å²) in [6, 6.07) is 10.2. The van der Waals surface area contributed by atoms with Crippen LogP contribution in [0.15, 0.2) is 51.4 Å². The van der Waals surface area contributed by atoms with Crippen LogP contribution in [0.4, 0.5) is 0 Å². The third-order valence-corrected chi connectivity index (χ3v) is 7.44. The van der Waals surface area contributed by atoms with Crippen molar-refractivity contribution in [1.82, 2.24) is 15.2 Å². The Morgan fingerprint density at radius 1 is 1.21 bits per heavy atom. The van der Waals surface area contributed by atoms with E-state index in [4.69, 9.17) is 0 Å². The summed E-state index contributed by atoms with van der Waals surface area (Å²) in [5, 5.41) is 10.6. The van der Waals surface area contributed by atoms with Gasteiger partial charge in [-0.1, -0.05) is 26.0 Å². The largest absolute Gasteiger partial charge is 0.350 e. The second-order valence-corrected chi connectivity index (χ2v) is 9.51. The Morgan fingerprint density at radius 2 is 2.00 bits per heavy atom. The molecule has 3 rings (SSSR count). The van der Waals surface area contributed by atoms with Gasteiger partial charge in [-0.25, -0.2) is 4.98 Å². The van der Waals surface area contributed by atoms with Crippen LogP contribution in [0, 0.1) is 6.92 Å². The van der Waals surface area contributed by atoms with Crippen molar-refractivity contribution in [3.8, 4) is 0 Å². The third-order valence-electron chi connectivity index (χ3n) is 4.81. The van der Waals surface area contributed by atoms with E-state index in [9.17, 15) is 4.79 Å². The normalized spacial score (nSPS) is 12.3. The molecule has 1 unspecified atom stereocenters. The van der Waals surface area contributed by atoms with Crippen molar-refractivity contribution in [2.24, 2.45) is 0 Å². The Bertz CT molecular complexity index is 904. The Morgan fingerprint density at radius 3 is 2.66 bits per heavy atom. The smallest absolute Gasteiger partial charge is 0.252 e. The van der Waals surface area contributed by atoms with E-state index in [1.807, 2.05) is 31.2 Å². The van der Waals surface area contributed by atoms with E-state index >= 15 is 0 Å². The number of aromatic nitrogens is 1.